The van der Waals surface area contributed by atoms with Crippen LogP contribution in [0.5, 0.6) is 0 Å². The largest absolute Gasteiger partial charge is 0.420 e. The van der Waals surface area contributed by atoms with E-state index in [1.54, 1.807) is 11.3 Å². The van der Waals surface area contributed by atoms with Crippen LogP contribution in [-0.4, -0.2) is 58.6 Å². The number of piperidine rings is 2. The second-order valence-corrected chi connectivity index (χ2v) is 8.35. The van der Waals surface area contributed by atoms with Gasteiger partial charge in [0.1, 0.15) is 0 Å². The summed E-state index contributed by atoms with van der Waals surface area (Å²) in [6.07, 6.45) is 4.21. The molecule has 2 fully saturated rings. The number of carbonyl (C=O) groups is 1. The van der Waals surface area contributed by atoms with E-state index in [9.17, 15) is 4.79 Å². The molecule has 0 atom stereocenters. The molecule has 0 bridgehead atoms. The molecular weight excluding hydrogens is 348 g/mol. The molecular formula is C19H26N4O2S. The SMILES string of the molecule is CC1CCN(C(=O)CN2CCC(c3nnc(-c4ccsc4)o3)CC2)CC1. The Hall–Kier alpha value is -1.73. The number of hydrogen-bond acceptors (Lipinski definition) is 6. The number of rotatable bonds is 4. The zero-order valence-corrected chi connectivity index (χ0v) is 16.1. The first kappa shape index (κ1) is 17.7. The monoisotopic (exact) mass is 374 g/mol. The Labute approximate surface area is 158 Å². The summed E-state index contributed by atoms with van der Waals surface area (Å²) in [5.41, 5.74) is 0.993. The van der Waals surface area contributed by atoms with Gasteiger partial charge in [-0.1, -0.05) is 6.92 Å². The van der Waals surface area contributed by atoms with Crippen LogP contribution >= 0.6 is 11.3 Å². The first-order chi connectivity index (χ1) is 12.7. The average molecular weight is 375 g/mol. The standard InChI is InChI=1S/C19H26N4O2S/c1-14-2-9-23(10-3-14)17(24)12-22-7-4-15(5-8-22)18-20-21-19(25-18)16-6-11-26-13-16/h6,11,13-15H,2-5,7-10,12H2,1H3. The van der Waals surface area contributed by atoms with E-state index >= 15 is 0 Å². The minimum atomic E-state index is 0.285. The number of amides is 1. The van der Waals surface area contributed by atoms with Crippen LogP contribution in [0, 0.1) is 5.92 Å². The summed E-state index contributed by atoms with van der Waals surface area (Å²) in [5, 5.41) is 12.5. The molecule has 140 valence electrons. The van der Waals surface area contributed by atoms with Gasteiger partial charge in [0.05, 0.1) is 6.54 Å². The summed E-state index contributed by atoms with van der Waals surface area (Å²) in [6, 6.07) is 2.00. The van der Waals surface area contributed by atoms with E-state index in [1.165, 1.54) is 0 Å². The highest BCUT2D eigenvalue weighted by Crippen LogP contribution is 2.30. The Kier molecular flexibility index (Phi) is 5.36. The van der Waals surface area contributed by atoms with Crippen molar-refractivity contribution in [2.45, 2.75) is 38.5 Å². The number of aromatic nitrogens is 2. The topological polar surface area (TPSA) is 62.5 Å². The van der Waals surface area contributed by atoms with Crippen molar-refractivity contribution in [1.29, 1.82) is 0 Å². The molecule has 2 aliphatic rings. The van der Waals surface area contributed by atoms with E-state index in [1.807, 2.05) is 21.7 Å². The number of carbonyl (C=O) groups excluding carboxylic acids is 1. The molecule has 4 heterocycles. The lowest BCUT2D eigenvalue weighted by Gasteiger charge is -2.34. The predicted octanol–water partition coefficient (Wildman–Crippen LogP) is 3.24. The van der Waals surface area contributed by atoms with Crippen molar-refractivity contribution < 1.29 is 9.21 Å². The third-order valence-corrected chi connectivity index (χ3v) is 6.32. The fourth-order valence-corrected chi connectivity index (χ4v) is 4.42. The van der Waals surface area contributed by atoms with E-state index in [-0.39, 0.29) is 5.91 Å². The van der Waals surface area contributed by atoms with Crippen LogP contribution in [0.4, 0.5) is 0 Å². The maximum absolute atomic E-state index is 12.5. The van der Waals surface area contributed by atoms with Crippen molar-refractivity contribution in [1.82, 2.24) is 20.0 Å². The zero-order valence-electron chi connectivity index (χ0n) is 15.3. The number of likely N-dealkylation sites (tertiary alicyclic amines) is 2. The van der Waals surface area contributed by atoms with Gasteiger partial charge in [0, 0.05) is 30.0 Å². The third-order valence-electron chi connectivity index (χ3n) is 5.64. The Bertz CT molecular complexity index is 714. The number of hydrogen-bond donors (Lipinski definition) is 0. The first-order valence-corrected chi connectivity index (χ1v) is 10.5. The van der Waals surface area contributed by atoms with Gasteiger partial charge in [-0.15, -0.1) is 10.2 Å². The van der Waals surface area contributed by atoms with E-state index < -0.39 is 0 Å². The fourth-order valence-electron chi connectivity index (χ4n) is 3.79. The van der Waals surface area contributed by atoms with E-state index in [0.717, 1.165) is 69.2 Å². The van der Waals surface area contributed by atoms with E-state index in [2.05, 4.69) is 22.0 Å². The Morgan fingerprint density at radius 3 is 2.65 bits per heavy atom. The molecule has 6 nitrogen and oxygen atoms in total. The van der Waals surface area contributed by atoms with E-state index in [4.69, 9.17) is 4.42 Å². The maximum atomic E-state index is 12.5. The molecule has 0 aromatic carbocycles. The summed E-state index contributed by atoms with van der Waals surface area (Å²) < 4.78 is 5.88. The quantitative estimate of drug-likeness (QED) is 0.822. The molecule has 0 N–H and O–H groups in total. The molecule has 0 unspecified atom stereocenters. The van der Waals surface area contributed by atoms with Gasteiger partial charge in [0.2, 0.25) is 17.7 Å². The van der Waals surface area contributed by atoms with Gasteiger partial charge in [-0.05, 0) is 56.1 Å². The average Bonchev–Trinajstić information content (AvgIpc) is 3.34. The van der Waals surface area contributed by atoms with Gasteiger partial charge in [0.15, 0.2) is 0 Å². The smallest absolute Gasteiger partial charge is 0.248 e. The van der Waals surface area contributed by atoms with E-state index in [0.29, 0.717) is 18.4 Å². The molecule has 2 aromatic rings. The molecule has 2 aliphatic heterocycles. The lowest BCUT2D eigenvalue weighted by atomic mass is 9.96. The second-order valence-electron chi connectivity index (χ2n) is 7.57. The fraction of sp³-hybridized carbons (Fsp3) is 0.632. The van der Waals surface area contributed by atoms with Crippen LogP contribution in [0.1, 0.15) is 44.4 Å². The molecule has 7 heteroatoms. The minimum Gasteiger partial charge on any atom is -0.420 e. The Balaban J connectivity index is 1.27. The predicted molar refractivity (Wildman–Crippen MR) is 101 cm³/mol. The summed E-state index contributed by atoms with van der Waals surface area (Å²) in [6.45, 7) is 6.49. The van der Waals surface area contributed by atoms with Crippen LogP contribution in [0.2, 0.25) is 0 Å². The third kappa shape index (κ3) is 3.99. The molecule has 0 saturated carbocycles. The van der Waals surface area contributed by atoms with Gasteiger partial charge in [0.25, 0.3) is 0 Å². The summed E-state index contributed by atoms with van der Waals surface area (Å²) in [7, 11) is 0. The molecule has 2 aromatic heterocycles. The highest BCUT2D eigenvalue weighted by molar-refractivity contribution is 7.08. The highest BCUT2D eigenvalue weighted by Gasteiger charge is 2.28. The zero-order chi connectivity index (χ0) is 17.9. The van der Waals surface area contributed by atoms with Crippen LogP contribution < -0.4 is 0 Å². The molecule has 0 spiro atoms. The molecule has 4 rings (SSSR count). The van der Waals surface area contributed by atoms with Crippen LogP contribution in [0.3, 0.4) is 0 Å². The molecule has 2 saturated heterocycles. The molecule has 0 radical (unpaired) electrons. The first-order valence-electron chi connectivity index (χ1n) is 9.55. The van der Waals surface area contributed by atoms with Crippen molar-refractivity contribution in [2.75, 3.05) is 32.7 Å². The van der Waals surface area contributed by atoms with Gasteiger partial charge in [-0.3, -0.25) is 9.69 Å². The van der Waals surface area contributed by atoms with Gasteiger partial charge in [-0.25, -0.2) is 0 Å². The summed E-state index contributed by atoms with van der Waals surface area (Å²) in [4.78, 5) is 16.8. The number of thiophene rings is 1. The minimum absolute atomic E-state index is 0.285. The number of nitrogens with zero attached hydrogens (tertiary/aromatic N) is 4. The normalized spacial score (nSPS) is 20.6. The maximum Gasteiger partial charge on any atom is 0.248 e. The van der Waals surface area contributed by atoms with Crippen molar-refractivity contribution in [3.8, 4) is 11.5 Å². The van der Waals surface area contributed by atoms with Crippen LogP contribution in [0.15, 0.2) is 21.2 Å². The molecule has 1 amide bonds. The van der Waals surface area contributed by atoms with Crippen molar-refractivity contribution in [2.24, 2.45) is 5.92 Å². The molecule has 26 heavy (non-hydrogen) atoms. The van der Waals surface area contributed by atoms with Crippen LogP contribution in [-0.2, 0) is 4.79 Å². The van der Waals surface area contributed by atoms with Crippen molar-refractivity contribution in [3.05, 3.63) is 22.7 Å². The van der Waals surface area contributed by atoms with Crippen LogP contribution in [0.25, 0.3) is 11.5 Å². The van der Waals surface area contributed by atoms with Crippen molar-refractivity contribution >= 4 is 17.2 Å². The highest BCUT2D eigenvalue weighted by atomic mass is 32.1. The Morgan fingerprint density at radius 1 is 1.19 bits per heavy atom. The molecule has 0 aliphatic carbocycles. The lowest BCUT2D eigenvalue weighted by Crippen LogP contribution is -2.45. The lowest BCUT2D eigenvalue weighted by molar-refractivity contribution is -0.134. The second kappa shape index (κ2) is 7.88. The summed E-state index contributed by atoms with van der Waals surface area (Å²) in [5.74, 6) is 2.69. The Morgan fingerprint density at radius 2 is 1.96 bits per heavy atom. The summed E-state index contributed by atoms with van der Waals surface area (Å²) >= 11 is 1.63. The van der Waals surface area contributed by atoms with Gasteiger partial charge >= 0.3 is 0 Å². The van der Waals surface area contributed by atoms with Gasteiger partial charge in [-0.2, -0.15) is 11.3 Å². The van der Waals surface area contributed by atoms with Crippen molar-refractivity contribution in [3.63, 3.8) is 0 Å². The van der Waals surface area contributed by atoms with Gasteiger partial charge < -0.3 is 9.32 Å².